The zero-order chi connectivity index (χ0) is 14.6. The number of rotatable bonds is 12. The van der Waals surface area contributed by atoms with Crippen LogP contribution in [0.4, 0.5) is 0 Å². The largest absolute Gasteiger partial charge is 0.396 e. The number of Topliss-reactive ketones (excluding diaryl/α,β-unsaturated/α-hetero) is 1. The van der Waals surface area contributed by atoms with Crippen molar-refractivity contribution in [3.63, 3.8) is 0 Å². The van der Waals surface area contributed by atoms with E-state index in [0.29, 0.717) is 18.6 Å². The molecule has 0 amide bonds. The Morgan fingerprint density at radius 1 is 1.05 bits per heavy atom. The van der Waals surface area contributed by atoms with Gasteiger partial charge in [0.2, 0.25) is 5.78 Å². The molecule has 0 fully saturated rings. The molecule has 0 aliphatic rings. The molecule has 0 aliphatic heterocycles. The number of hydrogen-bond donors (Lipinski definition) is 1. The average Bonchev–Trinajstić information content (AvgIpc) is 2.93. The van der Waals surface area contributed by atoms with Gasteiger partial charge >= 0.3 is 0 Å². The highest BCUT2D eigenvalue weighted by Gasteiger charge is 2.08. The predicted octanol–water partition coefficient (Wildman–Crippen LogP) is 2.98. The lowest BCUT2D eigenvalue weighted by Crippen LogP contribution is -2.09. The van der Waals surface area contributed by atoms with Gasteiger partial charge in [-0.3, -0.25) is 9.59 Å². The SMILES string of the molecule is O=CC(=O)c1cccn1CCCCCCCCCCO. The molecule has 4 nitrogen and oxygen atoms in total. The van der Waals surface area contributed by atoms with Crippen LogP contribution >= 0.6 is 0 Å². The number of carbonyl (C=O) groups excluding carboxylic acids is 2. The van der Waals surface area contributed by atoms with E-state index in [-0.39, 0.29) is 0 Å². The van der Waals surface area contributed by atoms with Crippen LogP contribution in [0, 0.1) is 0 Å². The van der Waals surface area contributed by atoms with Crippen LogP contribution in [0.1, 0.15) is 61.9 Å². The molecule has 1 aromatic rings. The molecule has 112 valence electrons. The fourth-order valence-corrected chi connectivity index (χ4v) is 2.35. The van der Waals surface area contributed by atoms with Gasteiger partial charge in [-0.25, -0.2) is 0 Å². The first-order chi connectivity index (χ1) is 9.79. The van der Waals surface area contributed by atoms with Crippen LogP contribution in [0.25, 0.3) is 0 Å². The quantitative estimate of drug-likeness (QED) is 0.277. The van der Waals surface area contributed by atoms with E-state index in [1.807, 2.05) is 10.8 Å². The van der Waals surface area contributed by atoms with Gasteiger partial charge in [0.15, 0.2) is 6.29 Å². The Balaban J connectivity index is 2.08. The summed E-state index contributed by atoms with van der Waals surface area (Å²) in [5.74, 6) is -0.445. The first-order valence-electron chi connectivity index (χ1n) is 7.55. The maximum Gasteiger partial charge on any atom is 0.241 e. The number of nitrogens with zero attached hydrogens (tertiary/aromatic N) is 1. The van der Waals surface area contributed by atoms with Gasteiger partial charge in [0.25, 0.3) is 0 Å². The highest BCUT2D eigenvalue weighted by Crippen LogP contribution is 2.10. The molecular formula is C16H25NO3. The maximum atomic E-state index is 11.3. The molecule has 1 aromatic heterocycles. The van der Waals surface area contributed by atoms with Crippen molar-refractivity contribution in [3.8, 4) is 0 Å². The van der Waals surface area contributed by atoms with E-state index in [9.17, 15) is 9.59 Å². The second-order valence-corrected chi connectivity index (χ2v) is 5.12. The van der Waals surface area contributed by atoms with Crippen molar-refractivity contribution in [1.82, 2.24) is 4.57 Å². The van der Waals surface area contributed by atoms with Crippen molar-refractivity contribution in [1.29, 1.82) is 0 Å². The summed E-state index contributed by atoms with van der Waals surface area (Å²) in [6.45, 7) is 1.10. The Kier molecular flexibility index (Phi) is 8.63. The molecule has 1 N–H and O–H groups in total. The Labute approximate surface area is 120 Å². The lowest BCUT2D eigenvalue weighted by atomic mass is 10.1. The normalized spacial score (nSPS) is 10.7. The molecule has 0 atom stereocenters. The van der Waals surface area contributed by atoms with Crippen molar-refractivity contribution in [2.45, 2.75) is 57.9 Å². The zero-order valence-electron chi connectivity index (χ0n) is 12.1. The minimum atomic E-state index is -0.445. The minimum absolute atomic E-state index is 0.304. The van der Waals surface area contributed by atoms with Gasteiger partial charge in [0.1, 0.15) is 0 Å². The van der Waals surface area contributed by atoms with Crippen LogP contribution in [0.15, 0.2) is 18.3 Å². The van der Waals surface area contributed by atoms with Crippen molar-refractivity contribution in [2.75, 3.05) is 6.61 Å². The van der Waals surface area contributed by atoms with Gasteiger partial charge in [-0.15, -0.1) is 0 Å². The summed E-state index contributed by atoms with van der Waals surface area (Å²) in [6, 6.07) is 3.50. The maximum absolute atomic E-state index is 11.3. The Morgan fingerprint density at radius 2 is 1.65 bits per heavy atom. The van der Waals surface area contributed by atoms with Gasteiger partial charge < -0.3 is 9.67 Å². The third kappa shape index (κ3) is 6.15. The molecule has 0 aliphatic carbocycles. The van der Waals surface area contributed by atoms with E-state index in [1.54, 1.807) is 12.1 Å². The number of aliphatic hydroxyl groups excluding tert-OH is 1. The smallest absolute Gasteiger partial charge is 0.241 e. The van der Waals surface area contributed by atoms with Gasteiger partial charge in [-0.2, -0.15) is 0 Å². The predicted molar refractivity (Wildman–Crippen MR) is 78.8 cm³/mol. The number of aromatic nitrogens is 1. The van der Waals surface area contributed by atoms with Crippen LogP contribution in [-0.2, 0) is 11.3 Å². The summed E-state index contributed by atoms with van der Waals surface area (Å²) in [5.41, 5.74) is 0.490. The Morgan fingerprint density at radius 3 is 2.25 bits per heavy atom. The van der Waals surface area contributed by atoms with E-state index < -0.39 is 5.78 Å². The highest BCUT2D eigenvalue weighted by atomic mass is 16.2. The molecule has 4 heteroatoms. The minimum Gasteiger partial charge on any atom is -0.396 e. The van der Waals surface area contributed by atoms with Crippen LogP contribution in [0.3, 0.4) is 0 Å². The first kappa shape index (κ1) is 16.6. The topological polar surface area (TPSA) is 59.3 Å². The Bertz CT molecular complexity index is 398. The van der Waals surface area contributed by atoms with Crippen molar-refractivity contribution in [2.24, 2.45) is 0 Å². The Hall–Kier alpha value is -1.42. The summed E-state index contributed by atoms with van der Waals surface area (Å²) < 4.78 is 1.86. The molecule has 0 saturated carbocycles. The lowest BCUT2D eigenvalue weighted by Gasteiger charge is -2.06. The fourth-order valence-electron chi connectivity index (χ4n) is 2.35. The second kappa shape index (κ2) is 10.4. The molecule has 0 unspecified atom stereocenters. The number of aldehydes is 1. The third-order valence-electron chi connectivity index (χ3n) is 3.50. The first-order valence-corrected chi connectivity index (χ1v) is 7.55. The molecule has 0 saturated heterocycles. The van der Waals surface area contributed by atoms with Crippen molar-refractivity contribution in [3.05, 3.63) is 24.0 Å². The van der Waals surface area contributed by atoms with Crippen LogP contribution in [-0.4, -0.2) is 28.3 Å². The third-order valence-corrected chi connectivity index (χ3v) is 3.50. The van der Waals surface area contributed by atoms with Crippen molar-refractivity contribution < 1.29 is 14.7 Å². The molecule has 0 spiro atoms. The van der Waals surface area contributed by atoms with Gasteiger partial charge in [-0.05, 0) is 25.0 Å². The van der Waals surface area contributed by atoms with E-state index in [0.717, 1.165) is 32.2 Å². The van der Waals surface area contributed by atoms with Gasteiger partial charge in [-0.1, -0.05) is 38.5 Å². The number of aliphatic hydroxyl groups is 1. The molecule has 0 radical (unpaired) electrons. The van der Waals surface area contributed by atoms with Crippen LogP contribution in [0.5, 0.6) is 0 Å². The summed E-state index contributed by atoms with van der Waals surface area (Å²) in [6.07, 6.45) is 11.3. The number of ketones is 1. The summed E-state index contributed by atoms with van der Waals surface area (Å²) in [4.78, 5) is 21.8. The monoisotopic (exact) mass is 279 g/mol. The number of hydrogen-bond acceptors (Lipinski definition) is 3. The van der Waals surface area contributed by atoms with E-state index >= 15 is 0 Å². The lowest BCUT2D eigenvalue weighted by molar-refractivity contribution is -0.104. The van der Waals surface area contributed by atoms with Gasteiger partial charge in [0, 0.05) is 19.3 Å². The van der Waals surface area contributed by atoms with E-state index in [4.69, 9.17) is 5.11 Å². The fraction of sp³-hybridized carbons (Fsp3) is 0.625. The van der Waals surface area contributed by atoms with Crippen molar-refractivity contribution >= 4 is 12.1 Å². The van der Waals surface area contributed by atoms with E-state index in [1.165, 1.54) is 25.7 Å². The van der Waals surface area contributed by atoms with Crippen LogP contribution in [0.2, 0.25) is 0 Å². The number of unbranched alkanes of at least 4 members (excludes halogenated alkanes) is 7. The van der Waals surface area contributed by atoms with E-state index in [2.05, 4.69) is 0 Å². The number of aryl methyl sites for hydroxylation is 1. The molecule has 0 aromatic carbocycles. The molecule has 1 rings (SSSR count). The highest BCUT2D eigenvalue weighted by molar-refractivity contribution is 6.32. The van der Waals surface area contributed by atoms with Crippen LogP contribution < -0.4 is 0 Å². The number of carbonyl (C=O) groups is 2. The standard InChI is InChI=1S/C16H25NO3/c18-13-8-6-4-2-1-3-5-7-11-17-12-9-10-15(17)16(20)14-19/h9-10,12,14,18H,1-8,11,13H2. The summed E-state index contributed by atoms with van der Waals surface area (Å²) >= 11 is 0. The molecule has 0 bridgehead atoms. The summed E-state index contributed by atoms with van der Waals surface area (Å²) in [7, 11) is 0. The molecule has 1 heterocycles. The summed E-state index contributed by atoms with van der Waals surface area (Å²) in [5, 5.41) is 8.66. The zero-order valence-corrected chi connectivity index (χ0v) is 12.1. The molecular weight excluding hydrogens is 254 g/mol. The average molecular weight is 279 g/mol. The van der Waals surface area contributed by atoms with Gasteiger partial charge in [0.05, 0.1) is 5.69 Å². The second-order valence-electron chi connectivity index (χ2n) is 5.12. The molecule has 20 heavy (non-hydrogen) atoms.